The Labute approximate surface area is 192 Å². The average Bonchev–Trinajstić information content (AvgIpc) is 3.17. The van der Waals surface area contributed by atoms with Gasteiger partial charge in [-0.25, -0.2) is 13.8 Å². The summed E-state index contributed by atoms with van der Waals surface area (Å²) >= 11 is 1.11. The number of benzene rings is 3. The number of hydrogen-bond acceptors (Lipinski definition) is 5. The van der Waals surface area contributed by atoms with Crippen LogP contribution >= 0.6 is 11.8 Å². The van der Waals surface area contributed by atoms with Gasteiger partial charge in [0, 0.05) is 11.6 Å². The van der Waals surface area contributed by atoms with E-state index in [4.69, 9.17) is 0 Å². The maximum absolute atomic E-state index is 13.9. The summed E-state index contributed by atoms with van der Waals surface area (Å²) in [6, 6.07) is 18.8. The lowest BCUT2D eigenvalue weighted by atomic mass is 10.0. The molecule has 0 bridgehead atoms. The molecule has 164 valence electrons. The van der Waals surface area contributed by atoms with Crippen LogP contribution in [0.25, 0.3) is 0 Å². The molecular formula is C24H16F2N4O2S. The van der Waals surface area contributed by atoms with Crippen molar-refractivity contribution in [2.45, 2.75) is 6.04 Å². The van der Waals surface area contributed by atoms with Gasteiger partial charge < -0.3 is 5.32 Å². The van der Waals surface area contributed by atoms with Crippen molar-refractivity contribution >= 4 is 46.0 Å². The summed E-state index contributed by atoms with van der Waals surface area (Å²) in [6.45, 7) is 0. The van der Waals surface area contributed by atoms with E-state index < -0.39 is 23.6 Å². The van der Waals surface area contributed by atoms with Gasteiger partial charge >= 0.3 is 0 Å². The molecule has 1 atom stereocenters. The predicted molar refractivity (Wildman–Crippen MR) is 124 cm³/mol. The first-order valence-electron chi connectivity index (χ1n) is 10.0. The minimum Gasteiger partial charge on any atom is -0.323 e. The molecule has 0 saturated carbocycles. The summed E-state index contributed by atoms with van der Waals surface area (Å²) in [6.07, 6.45) is 0. The van der Waals surface area contributed by atoms with Gasteiger partial charge in [-0.2, -0.15) is 4.99 Å². The van der Waals surface area contributed by atoms with E-state index in [1.54, 1.807) is 4.90 Å². The van der Waals surface area contributed by atoms with Crippen LogP contribution < -0.4 is 5.32 Å². The van der Waals surface area contributed by atoms with Crippen LogP contribution in [-0.4, -0.2) is 33.5 Å². The Hall–Kier alpha value is -3.85. The number of amides is 2. The molecule has 33 heavy (non-hydrogen) atoms. The molecule has 0 aliphatic carbocycles. The van der Waals surface area contributed by atoms with Crippen molar-refractivity contribution in [2.75, 3.05) is 11.1 Å². The van der Waals surface area contributed by atoms with E-state index >= 15 is 0 Å². The molecule has 1 N–H and O–H groups in total. The fraction of sp³-hybridized carbons (Fsp3) is 0.0833. The predicted octanol–water partition coefficient (Wildman–Crippen LogP) is 4.67. The zero-order chi connectivity index (χ0) is 22.9. The molecule has 6 nitrogen and oxygen atoms in total. The normalized spacial score (nSPS) is 16.6. The third-order valence-electron chi connectivity index (χ3n) is 5.16. The van der Waals surface area contributed by atoms with Gasteiger partial charge in [0.2, 0.25) is 5.91 Å². The number of aliphatic imine (C=N–C) groups is 2. The number of hydrogen-bond donors (Lipinski definition) is 1. The number of carbonyl (C=O) groups excluding carboxylic acids is 2. The van der Waals surface area contributed by atoms with E-state index in [1.165, 1.54) is 0 Å². The number of thioether (sulfide) groups is 1. The lowest BCUT2D eigenvalue weighted by Gasteiger charge is -2.31. The van der Waals surface area contributed by atoms with Gasteiger partial charge in [0.05, 0.1) is 17.1 Å². The topological polar surface area (TPSA) is 74.1 Å². The molecule has 0 aromatic heterocycles. The first-order chi connectivity index (χ1) is 16.0. The van der Waals surface area contributed by atoms with E-state index in [0.29, 0.717) is 22.8 Å². The molecule has 0 spiro atoms. The number of carbonyl (C=O) groups is 2. The van der Waals surface area contributed by atoms with Crippen LogP contribution in [0.3, 0.4) is 0 Å². The van der Waals surface area contributed by atoms with Crippen LogP contribution in [0.15, 0.2) is 82.8 Å². The van der Waals surface area contributed by atoms with Gasteiger partial charge in [0.1, 0.15) is 23.5 Å². The summed E-state index contributed by atoms with van der Waals surface area (Å²) in [4.78, 5) is 36.1. The molecular weight excluding hydrogens is 446 g/mol. The minimum absolute atomic E-state index is 0.0999. The molecule has 0 radical (unpaired) electrons. The molecule has 2 heterocycles. The Morgan fingerprint density at radius 3 is 2.55 bits per heavy atom. The number of nitrogens with zero attached hydrogens (tertiary/aromatic N) is 3. The second-order valence-electron chi connectivity index (χ2n) is 7.33. The number of nitrogens with one attached hydrogen (secondary N) is 1. The smallest absolute Gasteiger partial charge is 0.275 e. The molecule has 5 rings (SSSR count). The Morgan fingerprint density at radius 1 is 1.00 bits per heavy atom. The third-order valence-corrected chi connectivity index (χ3v) is 6.11. The Kier molecular flexibility index (Phi) is 5.47. The highest BCUT2D eigenvalue weighted by atomic mass is 32.2. The maximum atomic E-state index is 13.9. The lowest BCUT2D eigenvalue weighted by Crippen LogP contribution is -2.39. The quantitative estimate of drug-likeness (QED) is 0.612. The highest BCUT2D eigenvalue weighted by molar-refractivity contribution is 8.14. The summed E-state index contributed by atoms with van der Waals surface area (Å²) in [7, 11) is 0. The zero-order valence-electron chi connectivity index (χ0n) is 17.0. The maximum Gasteiger partial charge on any atom is 0.275 e. The molecule has 2 aliphatic heterocycles. The molecule has 3 aromatic rings. The molecule has 1 unspecified atom stereocenters. The average molecular weight is 462 g/mol. The van der Waals surface area contributed by atoms with Crippen molar-refractivity contribution in [3.8, 4) is 0 Å². The fourth-order valence-electron chi connectivity index (χ4n) is 3.70. The first kappa shape index (κ1) is 21.0. The number of para-hydroxylation sites is 1. The Balaban J connectivity index is 1.42. The largest absolute Gasteiger partial charge is 0.323 e. The van der Waals surface area contributed by atoms with Gasteiger partial charge in [0.25, 0.3) is 5.91 Å². The van der Waals surface area contributed by atoms with Crippen molar-refractivity contribution in [3.05, 3.63) is 95.6 Å². The second kappa shape index (κ2) is 8.59. The van der Waals surface area contributed by atoms with E-state index in [1.807, 2.05) is 54.6 Å². The van der Waals surface area contributed by atoms with E-state index in [-0.39, 0.29) is 17.3 Å². The van der Waals surface area contributed by atoms with Crippen LogP contribution in [0.4, 0.5) is 20.2 Å². The summed E-state index contributed by atoms with van der Waals surface area (Å²) < 4.78 is 27.0. The summed E-state index contributed by atoms with van der Waals surface area (Å²) in [5.74, 6) is -2.02. The lowest BCUT2D eigenvalue weighted by molar-refractivity contribution is -0.119. The first-order valence-corrected chi connectivity index (χ1v) is 11.0. The molecule has 0 fully saturated rings. The molecule has 2 amide bonds. The standard InChI is InChI=1S/C24H16F2N4O2S/c25-15-10-11-19(17(26)12-15)27-20(31)13-33-24-28-18-9-5-4-8-16(18)22-29-23(32)21(30(22)24)14-6-2-1-3-7-14/h1-12,21H,13H2,(H,27,31). The number of anilines is 1. The molecule has 3 aromatic carbocycles. The van der Waals surface area contributed by atoms with Crippen molar-refractivity contribution in [1.29, 1.82) is 0 Å². The molecule has 2 aliphatic rings. The van der Waals surface area contributed by atoms with Gasteiger partial charge in [-0.3, -0.25) is 14.5 Å². The van der Waals surface area contributed by atoms with E-state index in [2.05, 4.69) is 15.3 Å². The van der Waals surface area contributed by atoms with Gasteiger partial charge in [-0.05, 0) is 29.8 Å². The molecule has 0 saturated heterocycles. The van der Waals surface area contributed by atoms with Crippen molar-refractivity contribution in [2.24, 2.45) is 9.98 Å². The van der Waals surface area contributed by atoms with Crippen LogP contribution in [0.5, 0.6) is 0 Å². The highest BCUT2D eigenvalue weighted by Gasteiger charge is 2.42. The van der Waals surface area contributed by atoms with Crippen LogP contribution in [0, 0.1) is 11.6 Å². The Bertz CT molecular complexity index is 1330. The van der Waals surface area contributed by atoms with Crippen molar-refractivity contribution < 1.29 is 18.4 Å². The SMILES string of the molecule is O=C(CSC1=Nc2ccccc2C2=NC(=O)C(c3ccccc3)N12)Nc1ccc(F)cc1F. The summed E-state index contributed by atoms with van der Waals surface area (Å²) in [5.41, 5.74) is 2.01. The van der Waals surface area contributed by atoms with Crippen molar-refractivity contribution in [3.63, 3.8) is 0 Å². The van der Waals surface area contributed by atoms with Gasteiger partial charge in [-0.15, -0.1) is 0 Å². The fourth-order valence-corrected chi connectivity index (χ4v) is 4.52. The summed E-state index contributed by atoms with van der Waals surface area (Å²) in [5, 5.41) is 2.87. The number of fused-ring (bicyclic) bond motifs is 3. The van der Waals surface area contributed by atoms with Crippen molar-refractivity contribution in [1.82, 2.24) is 4.90 Å². The number of halogens is 2. The van der Waals surface area contributed by atoms with Crippen LogP contribution in [-0.2, 0) is 9.59 Å². The zero-order valence-corrected chi connectivity index (χ0v) is 17.9. The van der Waals surface area contributed by atoms with Crippen LogP contribution in [0.2, 0.25) is 0 Å². The van der Waals surface area contributed by atoms with Crippen LogP contribution in [0.1, 0.15) is 17.2 Å². The highest BCUT2D eigenvalue weighted by Crippen LogP contribution is 2.39. The van der Waals surface area contributed by atoms with Gasteiger partial charge in [-0.1, -0.05) is 54.2 Å². The second-order valence-corrected chi connectivity index (χ2v) is 8.27. The number of amidine groups is 2. The molecule has 9 heteroatoms. The third kappa shape index (κ3) is 4.03. The monoisotopic (exact) mass is 462 g/mol. The van der Waals surface area contributed by atoms with Gasteiger partial charge in [0.15, 0.2) is 5.17 Å². The van der Waals surface area contributed by atoms with E-state index in [9.17, 15) is 18.4 Å². The minimum atomic E-state index is -0.860. The Morgan fingerprint density at radius 2 is 1.76 bits per heavy atom. The number of rotatable bonds is 4. The van der Waals surface area contributed by atoms with E-state index in [0.717, 1.165) is 35.0 Å².